The Morgan fingerprint density at radius 2 is 1.74 bits per heavy atom. The van der Waals surface area contributed by atoms with Gasteiger partial charge >= 0.3 is 12.0 Å². The van der Waals surface area contributed by atoms with Gasteiger partial charge in [0.05, 0.1) is 12.8 Å². The van der Waals surface area contributed by atoms with Crippen LogP contribution in [0, 0.1) is 5.82 Å². The first-order chi connectivity index (χ1) is 13.0. The number of carbonyl (C=O) groups is 3. The first-order valence-corrected chi connectivity index (χ1v) is 8.12. The molecule has 0 atom stereocenters. The Bertz CT molecular complexity index is 808. The van der Waals surface area contributed by atoms with Crippen LogP contribution in [0.2, 0.25) is 0 Å². The Morgan fingerprint density at radius 3 is 2.41 bits per heavy atom. The minimum Gasteiger partial charge on any atom is -0.497 e. The predicted octanol–water partition coefficient (Wildman–Crippen LogP) is 2.66. The largest absolute Gasteiger partial charge is 0.497 e. The zero-order valence-electron chi connectivity index (χ0n) is 14.7. The Hall–Kier alpha value is -3.42. The van der Waals surface area contributed by atoms with Crippen molar-refractivity contribution in [3.8, 4) is 5.75 Å². The molecule has 7 nitrogen and oxygen atoms in total. The standard InChI is InChI=1S/C19H19FN2O5/c1-26-14-9-6-13(7-10-14)8-11-18(24)27-12-17(23)22-19(25)21-16-5-3-2-4-15(16)20/h2-7,9-10H,8,11-12H2,1H3,(H2,21,22,23,25). The third kappa shape index (κ3) is 6.77. The maximum Gasteiger partial charge on any atom is 0.326 e. The van der Waals surface area contributed by atoms with Crippen LogP contribution in [-0.4, -0.2) is 31.6 Å². The number of hydrogen-bond donors (Lipinski definition) is 2. The number of benzene rings is 2. The second-order valence-corrected chi connectivity index (χ2v) is 5.49. The molecule has 27 heavy (non-hydrogen) atoms. The third-order valence-electron chi connectivity index (χ3n) is 3.52. The van der Waals surface area contributed by atoms with Crippen molar-refractivity contribution >= 4 is 23.6 Å². The predicted molar refractivity (Wildman–Crippen MR) is 95.8 cm³/mol. The molecule has 0 radical (unpaired) electrons. The van der Waals surface area contributed by atoms with E-state index in [4.69, 9.17) is 9.47 Å². The lowest BCUT2D eigenvalue weighted by Gasteiger charge is -2.08. The molecule has 0 aliphatic heterocycles. The summed E-state index contributed by atoms with van der Waals surface area (Å²) in [4.78, 5) is 34.9. The van der Waals surface area contributed by atoms with E-state index in [-0.39, 0.29) is 12.1 Å². The average Bonchev–Trinajstić information content (AvgIpc) is 2.67. The number of hydrogen-bond acceptors (Lipinski definition) is 5. The lowest BCUT2D eigenvalue weighted by atomic mass is 10.1. The maximum atomic E-state index is 13.4. The Morgan fingerprint density at radius 1 is 1.04 bits per heavy atom. The van der Waals surface area contributed by atoms with Crippen LogP contribution in [0.4, 0.5) is 14.9 Å². The number of imide groups is 1. The first-order valence-electron chi connectivity index (χ1n) is 8.12. The Balaban J connectivity index is 1.68. The quantitative estimate of drug-likeness (QED) is 0.727. The molecular weight excluding hydrogens is 355 g/mol. The summed E-state index contributed by atoms with van der Waals surface area (Å²) in [7, 11) is 1.56. The van der Waals surface area contributed by atoms with Crippen LogP contribution in [0.15, 0.2) is 48.5 Å². The molecule has 0 saturated heterocycles. The number of nitrogens with one attached hydrogen (secondary N) is 2. The molecule has 0 unspecified atom stereocenters. The van der Waals surface area contributed by atoms with Gasteiger partial charge in [0.1, 0.15) is 11.6 Å². The summed E-state index contributed by atoms with van der Waals surface area (Å²) in [5.41, 5.74) is 0.848. The van der Waals surface area contributed by atoms with Gasteiger partial charge in [0.15, 0.2) is 6.61 Å². The van der Waals surface area contributed by atoms with Gasteiger partial charge in [0, 0.05) is 6.42 Å². The number of carbonyl (C=O) groups excluding carboxylic acids is 3. The van der Waals surface area contributed by atoms with E-state index in [0.717, 1.165) is 5.56 Å². The summed E-state index contributed by atoms with van der Waals surface area (Å²) < 4.78 is 23.3. The van der Waals surface area contributed by atoms with Crippen molar-refractivity contribution in [2.75, 3.05) is 19.0 Å². The van der Waals surface area contributed by atoms with Crippen molar-refractivity contribution in [1.29, 1.82) is 0 Å². The average molecular weight is 374 g/mol. The van der Waals surface area contributed by atoms with Crippen molar-refractivity contribution in [2.45, 2.75) is 12.8 Å². The Labute approximate surface area is 155 Å². The molecule has 2 rings (SSSR count). The number of para-hydroxylation sites is 1. The van der Waals surface area contributed by atoms with E-state index in [1.165, 1.54) is 24.3 Å². The summed E-state index contributed by atoms with van der Waals surface area (Å²) in [6.45, 7) is -0.605. The third-order valence-corrected chi connectivity index (χ3v) is 3.52. The molecule has 0 heterocycles. The van der Waals surface area contributed by atoms with Crippen molar-refractivity contribution in [1.82, 2.24) is 5.32 Å². The highest BCUT2D eigenvalue weighted by Crippen LogP contribution is 2.13. The summed E-state index contributed by atoms with van der Waals surface area (Å²) in [6.07, 6.45) is 0.527. The SMILES string of the molecule is COc1ccc(CCC(=O)OCC(=O)NC(=O)Nc2ccccc2F)cc1. The van der Waals surface area contributed by atoms with E-state index in [1.54, 1.807) is 19.2 Å². The topological polar surface area (TPSA) is 93.7 Å². The molecule has 0 aromatic heterocycles. The zero-order chi connectivity index (χ0) is 19.6. The monoisotopic (exact) mass is 374 g/mol. The molecule has 142 valence electrons. The van der Waals surface area contributed by atoms with Crippen molar-refractivity contribution in [3.05, 3.63) is 59.9 Å². The molecule has 0 aliphatic carbocycles. The summed E-state index contributed by atoms with van der Waals surface area (Å²) in [6, 6.07) is 11.8. The minimum absolute atomic E-state index is 0.0701. The van der Waals surface area contributed by atoms with Crippen molar-refractivity contribution < 1.29 is 28.2 Å². The number of ether oxygens (including phenoxy) is 2. The molecule has 0 aliphatic rings. The van der Waals surface area contributed by atoms with Crippen LogP contribution in [0.1, 0.15) is 12.0 Å². The highest BCUT2D eigenvalue weighted by atomic mass is 19.1. The van der Waals surface area contributed by atoms with Gasteiger partial charge in [-0.3, -0.25) is 14.9 Å². The molecule has 0 spiro atoms. The molecule has 2 N–H and O–H groups in total. The highest BCUT2D eigenvalue weighted by molar-refractivity contribution is 6.01. The lowest BCUT2D eigenvalue weighted by Crippen LogP contribution is -2.37. The number of amides is 3. The smallest absolute Gasteiger partial charge is 0.326 e. The fraction of sp³-hybridized carbons (Fsp3) is 0.211. The summed E-state index contributed by atoms with van der Waals surface area (Å²) in [5, 5.41) is 4.14. The van der Waals surface area contributed by atoms with Crippen LogP contribution in [0.25, 0.3) is 0 Å². The molecule has 0 saturated carbocycles. The second kappa shape index (κ2) is 9.91. The highest BCUT2D eigenvalue weighted by Gasteiger charge is 2.12. The summed E-state index contributed by atoms with van der Waals surface area (Å²) >= 11 is 0. The van der Waals surface area contributed by atoms with E-state index >= 15 is 0 Å². The lowest BCUT2D eigenvalue weighted by molar-refractivity contribution is -0.148. The molecular formula is C19H19FN2O5. The molecule has 0 bridgehead atoms. The van der Waals surface area contributed by atoms with E-state index in [2.05, 4.69) is 5.32 Å². The number of urea groups is 1. The van der Waals surface area contributed by atoms with Crippen LogP contribution in [-0.2, 0) is 20.7 Å². The fourth-order valence-electron chi connectivity index (χ4n) is 2.14. The summed E-state index contributed by atoms with van der Waals surface area (Å²) in [5.74, 6) is -1.31. The van der Waals surface area contributed by atoms with Crippen molar-refractivity contribution in [3.63, 3.8) is 0 Å². The van der Waals surface area contributed by atoms with Gasteiger partial charge in [-0.1, -0.05) is 24.3 Å². The number of anilines is 1. The van der Waals surface area contributed by atoms with Gasteiger partial charge in [0.25, 0.3) is 5.91 Å². The van der Waals surface area contributed by atoms with Gasteiger partial charge in [-0.15, -0.1) is 0 Å². The van der Waals surface area contributed by atoms with E-state index in [1.807, 2.05) is 17.4 Å². The number of methoxy groups -OCH3 is 1. The van der Waals surface area contributed by atoms with Crippen molar-refractivity contribution in [2.24, 2.45) is 0 Å². The van der Waals surface area contributed by atoms with Gasteiger partial charge in [-0.25, -0.2) is 9.18 Å². The van der Waals surface area contributed by atoms with Gasteiger partial charge in [0.2, 0.25) is 0 Å². The fourth-order valence-corrected chi connectivity index (χ4v) is 2.14. The van der Waals surface area contributed by atoms with E-state index in [9.17, 15) is 18.8 Å². The normalized spacial score (nSPS) is 10.0. The molecule has 3 amide bonds. The maximum absolute atomic E-state index is 13.4. The van der Waals surface area contributed by atoms with Gasteiger partial charge < -0.3 is 14.8 Å². The minimum atomic E-state index is -0.917. The van der Waals surface area contributed by atoms with Crippen LogP contribution >= 0.6 is 0 Å². The zero-order valence-corrected chi connectivity index (χ0v) is 14.7. The molecule has 0 fully saturated rings. The number of halogens is 1. The van der Waals surface area contributed by atoms with E-state index in [0.29, 0.717) is 12.2 Å². The van der Waals surface area contributed by atoms with Gasteiger partial charge in [-0.2, -0.15) is 0 Å². The van der Waals surface area contributed by atoms with Crippen LogP contribution in [0.5, 0.6) is 5.75 Å². The number of rotatable bonds is 7. The first kappa shape index (κ1) is 19.9. The molecule has 2 aromatic rings. The number of esters is 1. The Kier molecular flexibility index (Phi) is 7.30. The van der Waals surface area contributed by atoms with Crippen LogP contribution in [0.3, 0.4) is 0 Å². The number of aryl methyl sites for hydroxylation is 1. The van der Waals surface area contributed by atoms with E-state index < -0.39 is 30.3 Å². The molecule has 8 heteroatoms. The molecule has 2 aromatic carbocycles. The van der Waals surface area contributed by atoms with Crippen LogP contribution < -0.4 is 15.4 Å². The second-order valence-electron chi connectivity index (χ2n) is 5.49. The van der Waals surface area contributed by atoms with Gasteiger partial charge in [-0.05, 0) is 36.2 Å².